The van der Waals surface area contributed by atoms with Gasteiger partial charge < -0.3 is 0 Å². The van der Waals surface area contributed by atoms with E-state index in [9.17, 15) is 0 Å². The van der Waals surface area contributed by atoms with Gasteiger partial charge in [-0.2, -0.15) is 0 Å². The monoisotopic (exact) mass is 738 g/mol. The lowest BCUT2D eigenvalue weighted by molar-refractivity contribution is 1.08. The molecule has 0 atom stereocenters. The first kappa shape index (κ1) is 30.6. The third-order valence-corrected chi connectivity index (χ3v) is 12.8. The average Bonchev–Trinajstić information content (AvgIpc) is 3.95. The van der Waals surface area contributed by atoms with E-state index in [1.165, 1.54) is 29.6 Å². The van der Waals surface area contributed by atoms with Crippen LogP contribution in [0, 0.1) is 0 Å². The van der Waals surface area contributed by atoms with Gasteiger partial charge >= 0.3 is 0 Å². The molecular weight excluding hydrogens is 713 g/mol. The molecule has 5 aromatic heterocycles. The van der Waals surface area contributed by atoms with Gasteiger partial charge in [-0.15, -0.1) is 22.7 Å². The SMILES string of the molecule is c1ccc(-c2nc(-c3cccc4c3sc3ccccc34)nc(-c3cccc4sc5ccc(-c6nc7ccccc7c7nc8ccccc8n67)cc5c34)n2)cc1. The minimum Gasteiger partial charge on any atom is -0.276 e. The van der Waals surface area contributed by atoms with E-state index in [0.717, 1.165) is 66.4 Å². The predicted octanol–water partition coefficient (Wildman–Crippen LogP) is 12.6. The van der Waals surface area contributed by atoms with Crippen molar-refractivity contribution < 1.29 is 0 Å². The minimum atomic E-state index is 0.643. The molecule has 12 aromatic rings. The number of benzene rings is 7. The van der Waals surface area contributed by atoms with Gasteiger partial charge in [-0.25, -0.2) is 24.9 Å². The van der Waals surface area contributed by atoms with Crippen molar-refractivity contribution in [1.29, 1.82) is 0 Å². The number of thiophene rings is 2. The Balaban J connectivity index is 1.11. The molecule has 0 aliphatic rings. The van der Waals surface area contributed by atoms with Crippen molar-refractivity contribution in [3.8, 4) is 45.6 Å². The van der Waals surface area contributed by atoms with Gasteiger partial charge in [-0.3, -0.25) is 4.40 Å². The zero-order chi connectivity index (χ0) is 36.0. The second-order valence-electron chi connectivity index (χ2n) is 13.7. The molecule has 6 nitrogen and oxygen atoms in total. The molecule has 8 heteroatoms. The lowest BCUT2D eigenvalue weighted by Crippen LogP contribution is -2.00. The summed E-state index contributed by atoms with van der Waals surface area (Å²) in [6.07, 6.45) is 0. The van der Waals surface area contributed by atoms with Crippen LogP contribution in [0.1, 0.15) is 0 Å². The summed E-state index contributed by atoms with van der Waals surface area (Å²) < 4.78 is 6.97. The maximum absolute atomic E-state index is 5.30. The van der Waals surface area contributed by atoms with Crippen molar-refractivity contribution in [3.05, 3.63) is 158 Å². The van der Waals surface area contributed by atoms with Gasteiger partial charge in [0, 0.05) is 68.0 Å². The summed E-state index contributed by atoms with van der Waals surface area (Å²) in [6, 6.07) is 54.9. The summed E-state index contributed by atoms with van der Waals surface area (Å²) in [5.74, 6) is 2.80. The lowest BCUT2D eigenvalue weighted by Gasteiger charge is -2.11. The molecule has 0 amide bonds. The molecule has 0 unspecified atom stereocenters. The summed E-state index contributed by atoms with van der Waals surface area (Å²) >= 11 is 3.56. The molecule has 0 fully saturated rings. The summed E-state index contributed by atoms with van der Waals surface area (Å²) in [7, 11) is 0. The van der Waals surface area contributed by atoms with Gasteiger partial charge in [-0.05, 0) is 60.7 Å². The van der Waals surface area contributed by atoms with E-state index in [0.29, 0.717) is 17.5 Å². The largest absolute Gasteiger partial charge is 0.276 e. The summed E-state index contributed by atoms with van der Waals surface area (Å²) in [5.41, 5.74) is 7.71. The number of hydrogen-bond donors (Lipinski definition) is 0. The van der Waals surface area contributed by atoms with Crippen LogP contribution in [0.5, 0.6) is 0 Å². The Kier molecular flexibility index (Phi) is 6.57. The standard InChI is InChI=1S/C47H26N6S2/c1-2-12-27(13-3-1)43-50-44(52-45(51-43)33-18-10-16-30-29-14-5-9-22-38(29)55-42(30)33)32-17-11-23-40-41(32)34-26-28(24-25-39(34)54-40)46-48-35-19-6-4-15-31(35)47-49-36-20-7-8-21-37(36)53(46)47/h1-26H. The zero-order valence-corrected chi connectivity index (χ0v) is 30.6. The highest BCUT2D eigenvalue weighted by Crippen LogP contribution is 2.43. The molecule has 55 heavy (non-hydrogen) atoms. The highest BCUT2D eigenvalue weighted by Gasteiger charge is 2.21. The van der Waals surface area contributed by atoms with Gasteiger partial charge in [0.05, 0.1) is 16.6 Å². The van der Waals surface area contributed by atoms with Crippen LogP contribution in [0.25, 0.3) is 113 Å². The van der Waals surface area contributed by atoms with Crippen molar-refractivity contribution in [1.82, 2.24) is 29.3 Å². The number of imidazole rings is 1. The van der Waals surface area contributed by atoms with Gasteiger partial charge in [-0.1, -0.05) is 97.1 Å². The van der Waals surface area contributed by atoms with E-state index in [2.05, 4.69) is 126 Å². The smallest absolute Gasteiger partial charge is 0.165 e. The first-order chi connectivity index (χ1) is 27.2. The van der Waals surface area contributed by atoms with Crippen molar-refractivity contribution in [2.24, 2.45) is 0 Å². The highest BCUT2D eigenvalue weighted by atomic mass is 32.1. The molecule has 0 N–H and O–H groups in total. The van der Waals surface area contributed by atoms with Crippen molar-refractivity contribution in [2.45, 2.75) is 0 Å². The molecule has 0 bridgehead atoms. The Morgan fingerprint density at radius 3 is 1.98 bits per heavy atom. The fraction of sp³-hybridized carbons (Fsp3) is 0. The van der Waals surface area contributed by atoms with Crippen LogP contribution >= 0.6 is 22.7 Å². The quantitative estimate of drug-likeness (QED) is 0.180. The number of para-hydroxylation sites is 3. The maximum atomic E-state index is 5.30. The second-order valence-corrected chi connectivity index (χ2v) is 15.8. The molecule has 0 aliphatic heterocycles. The number of rotatable bonds is 4. The Hall–Kier alpha value is -6.87. The topological polar surface area (TPSA) is 68.9 Å². The molecule has 0 saturated carbocycles. The lowest BCUT2D eigenvalue weighted by atomic mass is 10.0. The summed E-state index contributed by atoms with van der Waals surface area (Å²) in [4.78, 5) is 26.0. The molecule has 12 rings (SSSR count). The van der Waals surface area contributed by atoms with Crippen molar-refractivity contribution in [2.75, 3.05) is 0 Å². The normalized spacial score (nSPS) is 12.0. The van der Waals surface area contributed by atoms with E-state index < -0.39 is 0 Å². The molecule has 0 aliphatic carbocycles. The number of fused-ring (bicyclic) bond motifs is 11. The third kappa shape index (κ3) is 4.69. The number of aromatic nitrogens is 6. The Morgan fingerprint density at radius 1 is 0.400 bits per heavy atom. The van der Waals surface area contributed by atoms with E-state index in [-0.39, 0.29) is 0 Å². The minimum absolute atomic E-state index is 0.643. The van der Waals surface area contributed by atoms with Crippen LogP contribution in [0.2, 0.25) is 0 Å². The van der Waals surface area contributed by atoms with E-state index >= 15 is 0 Å². The number of hydrogen-bond acceptors (Lipinski definition) is 7. The van der Waals surface area contributed by atoms with E-state index in [1.807, 2.05) is 36.4 Å². The molecule has 5 heterocycles. The van der Waals surface area contributed by atoms with Crippen LogP contribution < -0.4 is 0 Å². The Morgan fingerprint density at radius 2 is 1.07 bits per heavy atom. The van der Waals surface area contributed by atoms with Gasteiger partial charge in [0.25, 0.3) is 0 Å². The maximum Gasteiger partial charge on any atom is 0.165 e. The highest BCUT2D eigenvalue weighted by molar-refractivity contribution is 7.26. The Labute approximate surface area is 321 Å². The third-order valence-electron chi connectivity index (χ3n) is 10.5. The van der Waals surface area contributed by atoms with Crippen molar-refractivity contribution >= 4 is 90.6 Å². The van der Waals surface area contributed by atoms with Crippen LogP contribution in [-0.2, 0) is 0 Å². The zero-order valence-electron chi connectivity index (χ0n) is 29.0. The first-order valence-corrected chi connectivity index (χ1v) is 19.7. The van der Waals surface area contributed by atoms with Gasteiger partial charge in [0.2, 0.25) is 0 Å². The molecule has 7 aromatic carbocycles. The first-order valence-electron chi connectivity index (χ1n) is 18.1. The molecular formula is C47H26N6S2. The van der Waals surface area contributed by atoms with Crippen LogP contribution in [0.4, 0.5) is 0 Å². The summed E-state index contributed by atoms with van der Waals surface area (Å²) in [5, 5.41) is 5.73. The van der Waals surface area contributed by atoms with Crippen LogP contribution in [0.15, 0.2) is 158 Å². The predicted molar refractivity (Wildman–Crippen MR) is 229 cm³/mol. The van der Waals surface area contributed by atoms with Crippen LogP contribution in [-0.4, -0.2) is 29.3 Å². The molecule has 0 saturated heterocycles. The number of nitrogens with zero attached hydrogens (tertiary/aromatic N) is 6. The van der Waals surface area contributed by atoms with E-state index in [1.54, 1.807) is 22.7 Å². The molecule has 256 valence electrons. The van der Waals surface area contributed by atoms with E-state index in [4.69, 9.17) is 24.9 Å². The molecule has 0 spiro atoms. The average molecular weight is 739 g/mol. The summed E-state index contributed by atoms with van der Waals surface area (Å²) in [6.45, 7) is 0. The second kappa shape index (κ2) is 11.8. The van der Waals surface area contributed by atoms with Gasteiger partial charge in [0.1, 0.15) is 11.5 Å². The van der Waals surface area contributed by atoms with Gasteiger partial charge in [0.15, 0.2) is 17.5 Å². The fourth-order valence-corrected chi connectivity index (χ4v) is 10.3. The Bertz CT molecular complexity index is 3510. The van der Waals surface area contributed by atoms with Crippen molar-refractivity contribution in [3.63, 3.8) is 0 Å². The fourth-order valence-electron chi connectivity index (χ4n) is 7.95. The molecule has 0 radical (unpaired) electrons. The van der Waals surface area contributed by atoms with Crippen LogP contribution in [0.3, 0.4) is 0 Å².